The van der Waals surface area contributed by atoms with Crippen molar-refractivity contribution in [3.63, 3.8) is 0 Å². The second-order valence-electron chi connectivity index (χ2n) is 3.38. The number of carbonyl (C=O) groups is 2. The summed E-state index contributed by atoms with van der Waals surface area (Å²) in [5.41, 5.74) is 0.589. The standard InChI is InChI=1S/C12H12BrNO3/c1-2-3-4-11(15)14-8-5-6-10(13)9(7-8)12(16)17/h2,5-7H,1,3-4H2,(H,14,15)(H,16,17). The van der Waals surface area contributed by atoms with E-state index in [0.29, 0.717) is 23.0 Å². The minimum Gasteiger partial charge on any atom is -0.478 e. The van der Waals surface area contributed by atoms with Crippen molar-refractivity contribution >= 4 is 33.5 Å². The van der Waals surface area contributed by atoms with E-state index in [-0.39, 0.29) is 11.5 Å². The summed E-state index contributed by atoms with van der Waals surface area (Å²) in [7, 11) is 0. The molecule has 90 valence electrons. The predicted molar refractivity (Wildman–Crippen MR) is 69.2 cm³/mol. The van der Waals surface area contributed by atoms with Crippen LogP contribution in [0, 0.1) is 0 Å². The van der Waals surface area contributed by atoms with Crippen molar-refractivity contribution < 1.29 is 14.7 Å². The van der Waals surface area contributed by atoms with E-state index in [2.05, 4.69) is 27.8 Å². The lowest BCUT2D eigenvalue weighted by atomic mass is 10.2. The number of hydrogen-bond acceptors (Lipinski definition) is 2. The maximum atomic E-state index is 11.4. The third-order valence-electron chi connectivity index (χ3n) is 2.06. The van der Waals surface area contributed by atoms with Gasteiger partial charge in [-0.3, -0.25) is 4.79 Å². The number of hydrogen-bond donors (Lipinski definition) is 2. The van der Waals surface area contributed by atoms with Crippen molar-refractivity contribution in [1.29, 1.82) is 0 Å². The summed E-state index contributed by atoms with van der Waals surface area (Å²) in [5, 5.41) is 11.5. The third kappa shape index (κ3) is 4.03. The van der Waals surface area contributed by atoms with Crippen LogP contribution >= 0.6 is 15.9 Å². The zero-order valence-corrected chi connectivity index (χ0v) is 10.7. The Hall–Kier alpha value is -1.62. The van der Waals surface area contributed by atoms with Gasteiger partial charge < -0.3 is 10.4 Å². The molecule has 0 fully saturated rings. The van der Waals surface area contributed by atoms with Gasteiger partial charge in [0.2, 0.25) is 5.91 Å². The SMILES string of the molecule is C=CCCC(=O)Nc1ccc(Br)c(C(=O)O)c1. The molecule has 2 N–H and O–H groups in total. The van der Waals surface area contributed by atoms with Gasteiger partial charge in [0.1, 0.15) is 0 Å². The molecule has 1 aromatic carbocycles. The fourth-order valence-corrected chi connectivity index (χ4v) is 1.64. The maximum absolute atomic E-state index is 11.4. The van der Waals surface area contributed by atoms with Gasteiger partial charge in [0.05, 0.1) is 5.56 Å². The van der Waals surface area contributed by atoms with Crippen LogP contribution < -0.4 is 5.32 Å². The number of carbonyl (C=O) groups excluding carboxylic acids is 1. The third-order valence-corrected chi connectivity index (χ3v) is 2.75. The molecular weight excluding hydrogens is 286 g/mol. The summed E-state index contributed by atoms with van der Waals surface area (Å²) < 4.78 is 0.481. The van der Waals surface area contributed by atoms with Crippen LogP contribution in [0.2, 0.25) is 0 Å². The van der Waals surface area contributed by atoms with Crippen molar-refractivity contribution in [1.82, 2.24) is 0 Å². The van der Waals surface area contributed by atoms with Crippen molar-refractivity contribution in [2.45, 2.75) is 12.8 Å². The number of allylic oxidation sites excluding steroid dienone is 1. The molecule has 0 heterocycles. The number of nitrogens with one attached hydrogen (secondary N) is 1. The van der Waals surface area contributed by atoms with Crippen LogP contribution in [-0.4, -0.2) is 17.0 Å². The molecule has 0 bridgehead atoms. The molecule has 1 aromatic rings. The highest BCUT2D eigenvalue weighted by atomic mass is 79.9. The van der Waals surface area contributed by atoms with Crippen molar-refractivity contribution in [2.24, 2.45) is 0 Å². The van der Waals surface area contributed by atoms with Gasteiger partial charge in [0.25, 0.3) is 0 Å². The van der Waals surface area contributed by atoms with Crippen LogP contribution in [0.15, 0.2) is 35.3 Å². The fraction of sp³-hybridized carbons (Fsp3) is 0.167. The molecule has 0 radical (unpaired) electrons. The lowest BCUT2D eigenvalue weighted by Gasteiger charge is -2.06. The first-order chi connectivity index (χ1) is 8.04. The van der Waals surface area contributed by atoms with E-state index < -0.39 is 5.97 Å². The van der Waals surface area contributed by atoms with Crippen molar-refractivity contribution in [2.75, 3.05) is 5.32 Å². The molecule has 0 atom stereocenters. The van der Waals surface area contributed by atoms with Crippen LogP contribution in [0.25, 0.3) is 0 Å². The average Bonchev–Trinajstić information content (AvgIpc) is 2.28. The van der Waals surface area contributed by atoms with Gasteiger partial charge in [0, 0.05) is 16.6 Å². The van der Waals surface area contributed by atoms with E-state index in [0.717, 1.165) is 0 Å². The molecule has 1 amide bonds. The summed E-state index contributed by atoms with van der Waals surface area (Å²) in [6.07, 6.45) is 2.58. The Balaban J connectivity index is 2.79. The smallest absolute Gasteiger partial charge is 0.336 e. The van der Waals surface area contributed by atoms with E-state index in [4.69, 9.17) is 5.11 Å². The molecule has 1 rings (SSSR count). The van der Waals surface area contributed by atoms with Crippen molar-refractivity contribution in [3.05, 3.63) is 40.9 Å². The summed E-state index contributed by atoms with van der Waals surface area (Å²) in [6.45, 7) is 3.52. The number of halogens is 1. The summed E-state index contributed by atoms with van der Waals surface area (Å²) in [4.78, 5) is 22.3. The normalized spacial score (nSPS) is 9.71. The first-order valence-corrected chi connectivity index (χ1v) is 5.77. The van der Waals surface area contributed by atoms with E-state index in [1.807, 2.05) is 0 Å². The summed E-state index contributed by atoms with van der Waals surface area (Å²) in [6, 6.07) is 4.65. The first kappa shape index (κ1) is 13.4. The molecule has 17 heavy (non-hydrogen) atoms. The average molecular weight is 298 g/mol. The van der Waals surface area contributed by atoms with E-state index in [1.54, 1.807) is 18.2 Å². The molecular formula is C12H12BrNO3. The second kappa shape index (κ2) is 6.20. The number of carboxylic acid groups (broad SMARTS) is 1. The maximum Gasteiger partial charge on any atom is 0.336 e. The summed E-state index contributed by atoms with van der Waals surface area (Å²) in [5.74, 6) is -1.21. The minimum atomic E-state index is -1.04. The molecule has 0 aromatic heterocycles. The number of amides is 1. The van der Waals surface area contributed by atoms with Crippen LogP contribution in [0.5, 0.6) is 0 Å². The lowest BCUT2D eigenvalue weighted by molar-refractivity contribution is -0.116. The molecule has 4 nitrogen and oxygen atoms in total. The predicted octanol–water partition coefficient (Wildman–Crippen LogP) is 3.05. The molecule has 0 saturated heterocycles. The molecule has 0 aliphatic heterocycles. The van der Waals surface area contributed by atoms with Crippen LogP contribution in [-0.2, 0) is 4.79 Å². The molecule has 0 unspecified atom stereocenters. The molecule has 0 aliphatic carbocycles. The Labute approximate surface area is 107 Å². The van der Waals surface area contributed by atoms with Gasteiger partial charge >= 0.3 is 5.97 Å². The number of anilines is 1. The van der Waals surface area contributed by atoms with Crippen LogP contribution in [0.1, 0.15) is 23.2 Å². The molecule has 0 spiro atoms. The Morgan fingerprint density at radius 2 is 2.18 bits per heavy atom. The van der Waals surface area contributed by atoms with E-state index in [1.165, 1.54) is 6.07 Å². The van der Waals surface area contributed by atoms with Gasteiger partial charge in [0.15, 0.2) is 0 Å². The Morgan fingerprint density at radius 1 is 1.47 bits per heavy atom. The van der Waals surface area contributed by atoms with E-state index >= 15 is 0 Å². The quantitative estimate of drug-likeness (QED) is 0.821. The number of aromatic carboxylic acids is 1. The molecule has 0 saturated carbocycles. The fourth-order valence-electron chi connectivity index (χ4n) is 1.22. The van der Waals surface area contributed by atoms with Gasteiger partial charge in [-0.2, -0.15) is 0 Å². The highest BCUT2D eigenvalue weighted by Crippen LogP contribution is 2.21. The number of rotatable bonds is 5. The highest BCUT2D eigenvalue weighted by molar-refractivity contribution is 9.10. The van der Waals surface area contributed by atoms with Gasteiger partial charge in [-0.05, 0) is 40.5 Å². The molecule has 0 aliphatic rings. The van der Waals surface area contributed by atoms with Crippen LogP contribution in [0.3, 0.4) is 0 Å². The zero-order valence-electron chi connectivity index (χ0n) is 9.07. The Kier molecular flexibility index (Phi) is 4.90. The minimum absolute atomic E-state index is 0.117. The Bertz CT molecular complexity index is 457. The van der Waals surface area contributed by atoms with Gasteiger partial charge in [-0.25, -0.2) is 4.79 Å². The van der Waals surface area contributed by atoms with Crippen LogP contribution in [0.4, 0.5) is 5.69 Å². The summed E-state index contributed by atoms with van der Waals surface area (Å²) >= 11 is 3.13. The monoisotopic (exact) mass is 297 g/mol. The first-order valence-electron chi connectivity index (χ1n) is 4.98. The second-order valence-corrected chi connectivity index (χ2v) is 4.23. The lowest BCUT2D eigenvalue weighted by Crippen LogP contribution is -2.11. The van der Waals surface area contributed by atoms with Gasteiger partial charge in [-0.15, -0.1) is 6.58 Å². The Morgan fingerprint density at radius 3 is 2.76 bits per heavy atom. The highest BCUT2D eigenvalue weighted by Gasteiger charge is 2.10. The topological polar surface area (TPSA) is 66.4 Å². The zero-order chi connectivity index (χ0) is 12.8. The van der Waals surface area contributed by atoms with Crippen molar-refractivity contribution in [3.8, 4) is 0 Å². The largest absolute Gasteiger partial charge is 0.478 e. The number of benzene rings is 1. The van der Waals surface area contributed by atoms with Gasteiger partial charge in [-0.1, -0.05) is 6.08 Å². The number of carboxylic acids is 1. The van der Waals surface area contributed by atoms with E-state index in [9.17, 15) is 9.59 Å². The molecule has 5 heteroatoms.